The summed E-state index contributed by atoms with van der Waals surface area (Å²) in [7, 11) is 1.66. The van der Waals surface area contributed by atoms with Crippen LogP contribution in [0.1, 0.15) is 40.4 Å². The summed E-state index contributed by atoms with van der Waals surface area (Å²) in [6.07, 6.45) is 5.67. The third-order valence-electron chi connectivity index (χ3n) is 4.44. The molecule has 1 aliphatic carbocycles. The summed E-state index contributed by atoms with van der Waals surface area (Å²) in [5.41, 5.74) is 3.59. The van der Waals surface area contributed by atoms with Gasteiger partial charge >= 0.3 is 0 Å². The average molecular weight is 338 g/mol. The Balaban J connectivity index is 1.60. The van der Waals surface area contributed by atoms with Gasteiger partial charge in [-0.2, -0.15) is 0 Å². The van der Waals surface area contributed by atoms with Crippen molar-refractivity contribution >= 4 is 17.5 Å². The molecule has 25 heavy (non-hydrogen) atoms. The van der Waals surface area contributed by atoms with Gasteiger partial charge in [0, 0.05) is 24.0 Å². The van der Waals surface area contributed by atoms with Crippen molar-refractivity contribution in [2.45, 2.75) is 32.2 Å². The topological polar surface area (TPSA) is 78.1 Å². The molecule has 6 heteroatoms. The lowest BCUT2D eigenvalue weighted by Gasteiger charge is -2.15. The average Bonchev–Trinajstić information content (AvgIpc) is 3.08. The zero-order chi connectivity index (χ0) is 17.8. The Morgan fingerprint density at radius 3 is 2.68 bits per heavy atom. The highest BCUT2D eigenvalue weighted by Crippen LogP contribution is 2.18. The van der Waals surface area contributed by atoms with Gasteiger partial charge in [0.05, 0.1) is 12.2 Å². The van der Waals surface area contributed by atoms with Crippen LogP contribution in [0.4, 0.5) is 5.69 Å². The molecule has 130 valence electrons. The number of nitrogens with zero attached hydrogens (tertiary/aromatic N) is 2. The van der Waals surface area contributed by atoms with Gasteiger partial charge in [0.1, 0.15) is 5.82 Å². The molecule has 6 nitrogen and oxygen atoms in total. The minimum absolute atomic E-state index is 0.168. The summed E-state index contributed by atoms with van der Waals surface area (Å²) in [4.78, 5) is 33.2. The highest BCUT2D eigenvalue weighted by atomic mass is 16.2. The van der Waals surface area contributed by atoms with Gasteiger partial charge in [-0.3, -0.25) is 9.59 Å². The van der Waals surface area contributed by atoms with Crippen molar-refractivity contribution in [1.82, 2.24) is 15.3 Å². The molecule has 1 aromatic carbocycles. The monoisotopic (exact) mass is 338 g/mol. The van der Waals surface area contributed by atoms with Gasteiger partial charge in [-0.05, 0) is 56.0 Å². The van der Waals surface area contributed by atoms with Gasteiger partial charge < -0.3 is 15.2 Å². The van der Waals surface area contributed by atoms with Crippen LogP contribution in [0, 0.1) is 0 Å². The van der Waals surface area contributed by atoms with Gasteiger partial charge in [0.15, 0.2) is 0 Å². The summed E-state index contributed by atoms with van der Waals surface area (Å²) in [5, 5.41) is 2.88. The first-order chi connectivity index (χ1) is 12.1. The van der Waals surface area contributed by atoms with Gasteiger partial charge in [-0.15, -0.1) is 0 Å². The summed E-state index contributed by atoms with van der Waals surface area (Å²) < 4.78 is 0. The molecule has 0 bridgehead atoms. The number of anilines is 1. The summed E-state index contributed by atoms with van der Waals surface area (Å²) in [6.45, 7) is 3.84. The van der Waals surface area contributed by atoms with Crippen LogP contribution in [-0.4, -0.2) is 28.8 Å². The molecule has 1 aliphatic rings. The number of aryl methyl sites for hydroxylation is 2. The molecule has 1 aromatic heterocycles. The zero-order valence-corrected chi connectivity index (χ0v) is 14.3. The van der Waals surface area contributed by atoms with Crippen molar-refractivity contribution in [2.24, 2.45) is 0 Å². The fraction of sp³-hybridized carbons (Fsp3) is 0.316. The smallest absolute Gasteiger partial charge is 0.251 e. The lowest BCUT2D eigenvalue weighted by Crippen LogP contribution is -2.25. The van der Waals surface area contributed by atoms with E-state index in [9.17, 15) is 9.59 Å². The number of imidazole rings is 1. The number of benzene rings is 1. The molecule has 1 heterocycles. The number of aromatic amines is 1. The minimum Gasteiger partial charge on any atom is -0.345 e. The fourth-order valence-electron chi connectivity index (χ4n) is 2.96. The van der Waals surface area contributed by atoms with Crippen molar-refractivity contribution in [1.29, 1.82) is 0 Å². The standard InChI is InChI=1S/C19H22N4O2/c1-3-18(24)23(2)14-10-8-13(9-11-14)19(25)20-12-17-21-15-6-4-5-7-16(15)22-17/h3,8-11H,1,4-7,12H2,2H3,(H,20,25)(H,21,22). The van der Waals surface area contributed by atoms with Crippen molar-refractivity contribution in [3.63, 3.8) is 0 Å². The van der Waals surface area contributed by atoms with Crippen molar-refractivity contribution in [3.05, 3.63) is 59.7 Å². The molecule has 0 aliphatic heterocycles. The Morgan fingerprint density at radius 1 is 1.28 bits per heavy atom. The molecular formula is C19H22N4O2. The predicted octanol–water partition coefficient (Wildman–Crippen LogP) is 2.37. The number of nitrogens with one attached hydrogen (secondary N) is 2. The molecule has 0 saturated carbocycles. The number of carbonyl (C=O) groups excluding carboxylic acids is 2. The number of likely N-dealkylation sites (N-methyl/N-ethyl adjacent to an activating group) is 1. The highest BCUT2D eigenvalue weighted by molar-refractivity contribution is 6.01. The molecule has 3 rings (SSSR count). The number of amides is 2. The van der Waals surface area contributed by atoms with E-state index in [0.29, 0.717) is 17.8 Å². The Bertz CT molecular complexity index is 769. The van der Waals surface area contributed by atoms with E-state index in [1.54, 1.807) is 31.3 Å². The number of aromatic nitrogens is 2. The maximum atomic E-state index is 12.3. The Hall–Kier alpha value is -2.89. The molecule has 2 aromatic rings. The van der Waals surface area contributed by atoms with Crippen molar-refractivity contribution in [3.8, 4) is 0 Å². The van der Waals surface area contributed by atoms with E-state index in [-0.39, 0.29) is 11.8 Å². The first kappa shape index (κ1) is 17.0. The normalized spacial score (nSPS) is 13.0. The quantitative estimate of drug-likeness (QED) is 0.822. The van der Waals surface area contributed by atoms with Crippen LogP contribution in [0.15, 0.2) is 36.9 Å². The minimum atomic E-state index is -0.195. The van der Waals surface area contributed by atoms with Crippen molar-refractivity contribution < 1.29 is 9.59 Å². The maximum Gasteiger partial charge on any atom is 0.251 e. The second kappa shape index (κ2) is 7.34. The summed E-state index contributed by atoms with van der Waals surface area (Å²) in [6, 6.07) is 6.87. The summed E-state index contributed by atoms with van der Waals surface area (Å²) in [5.74, 6) is 0.436. The van der Waals surface area contributed by atoms with Gasteiger partial charge in [-0.1, -0.05) is 6.58 Å². The second-order valence-electron chi connectivity index (χ2n) is 6.15. The molecule has 2 amide bonds. The van der Waals surface area contributed by atoms with Crippen LogP contribution < -0.4 is 10.2 Å². The van der Waals surface area contributed by atoms with Crippen LogP contribution in [0.2, 0.25) is 0 Å². The van der Waals surface area contributed by atoms with Crippen LogP contribution in [0.25, 0.3) is 0 Å². The number of hydrogen-bond donors (Lipinski definition) is 2. The fourth-order valence-corrected chi connectivity index (χ4v) is 2.96. The second-order valence-corrected chi connectivity index (χ2v) is 6.15. The zero-order valence-electron chi connectivity index (χ0n) is 14.3. The van der Waals surface area contributed by atoms with E-state index in [1.165, 1.54) is 29.5 Å². The van der Waals surface area contributed by atoms with E-state index >= 15 is 0 Å². The molecule has 0 atom stereocenters. The summed E-state index contributed by atoms with van der Waals surface area (Å²) >= 11 is 0. The third-order valence-corrected chi connectivity index (χ3v) is 4.44. The van der Waals surface area contributed by atoms with E-state index in [0.717, 1.165) is 24.4 Å². The first-order valence-electron chi connectivity index (χ1n) is 8.43. The number of hydrogen-bond acceptors (Lipinski definition) is 3. The molecular weight excluding hydrogens is 316 g/mol. The van der Waals surface area contributed by atoms with Crippen LogP contribution in [0.5, 0.6) is 0 Å². The molecule has 0 fully saturated rings. The molecule has 0 spiro atoms. The lowest BCUT2D eigenvalue weighted by molar-refractivity contribution is -0.113. The van der Waals surface area contributed by atoms with Gasteiger partial charge in [-0.25, -0.2) is 4.98 Å². The highest BCUT2D eigenvalue weighted by Gasteiger charge is 2.15. The Labute approximate surface area is 147 Å². The Kier molecular flexibility index (Phi) is 4.97. The maximum absolute atomic E-state index is 12.3. The Morgan fingerprint density at radius 2 is 2.00 bits per heavy atom. The van der Waals surface area contributed by atoms with E-state index in [2.05, 4.69) is 21.9 Å². The first-order valence-corrected chi connectivity index (χ1v) is 8.43. The molecule has 2 N–H and O–H groups in total. The molecule has 0 unspecified atom stereocenters. The third kappa shape index (κ3) is 3.79. The molecule has 0 saturated heterocycles. The largest absolute Gasteiger partial charge is 0.345 e. The van der Waals surface area contributed by atoms with Crippen LogP contribution in [0.3, 0.4) is 0 Å². The number of carbonyl (C=O) groups is 2. The predicted molar refractivity (Wildman–Crippen MR) is 96.4 cm³/mol. The van der Waals surface area contributed by atoms with Crippen LogP contribution >= 0.6 is 0 Å². The number of rotatable bonds is 5. The van der Waals surface area contributed by atoms with Gasteiger partial charge in [0.2, 0.25) is 5.91 Å². The van der Waals surface area contributed by atoms with Crippen molar-refractivity contribution in [2.75, 3.05) is 11.9 Å². The van der Waals surface area contributed by atoms with Gasteiger partial charge in [0.25, 0.3) is 5.91 Å². The lowest BCUT2D eigenvalue weighted by atomic mass is 10.0. The van der Waals surface area contributed by atoms with E-state index in [1.807, 2.05) is 0 Å². The van der Waals surface area contributed by atoms with E-state index in [4.69, 9.17) is 0 Å². The SMILES string of the molecule is C=CC(=O)N(C)c1ccc(C(=O)NCc2nc3c([nH]2)CCCC3)cc1. The van der Waals surface area contributed by atoms with Crippen LogP contribution in [-0.2, 0) is 24.2 Å². The number of fused-ring (bicyclic) bond motifs is 1. The number of H-pyrrole nitrogens is 1. The molecule has 0 radical (unpaired) electrons. The van der Waals surface area contributed by atoms with E-state index < -0.39 is 0 Å².